The number of carbonyl (C=O) groups excluding carboxylic acids is 2. The number of anilines is 1. The van der Waals surface area contributed by atoms with Crippen LogP contribution in [-0.2, 0) is 37.4 Å². The summed E-state index contributed by atoms with van der Waals surface area (Å²) in [6.07, 6.45) is 20.5. The van der Waals surface area contributed by atoms with Crippen molar-refractivity contribution in [3.63, 3.8) is 0 Å². The third kappa shape index (κ3) is 18.6. The number of rotatable bonds is 33. The molecule has 0 aromatic carbocycles. The molecule has 1 aromatic heterocycles. The molecule has 3 rings (SSSR count). The maximum absolute atomic E-state index is 14.1. The maximum Gasteiger partial charge on any atom is 0.472 e. The fourth-order valence-electron chi connectivity index (χ4n) is 7.60. The first kappa shape index (κ1) is 48.9. The Morgan fingerprint density at radius 3 is 1.84 bits per heavy atom. The topological polar surface area (TPSA) is 199 Å². The summed E-state index contributed by atoms with van der Waals surface area (Å²) >= 11 is 0. The Morgan fingerprint density at radius 1 is 0.860 bits per heavy atom. The van der Waals surface area contributed by atoms with Crippen molar-refractivity contribution in [3.05, 3.63) is 22.5 Å². The summed E-state index contributed by atoms with van der Waals surface area (Å²) in [5.41, 5.74) is 4.49. The van der Waals surface area contributed by atoms with Crippen LogP contribution in [0.25, 0.3) is 0 Å². The summed E-state index contributed by atoms with van der Waals surface area (Å²) in [7, 11) is -4.83. The smallest absolute Gasteiger partial charge is 0.462 e. The molecule has 1 saturated carbocycles. The highest BCUT2D eigenvalue weighted by Gasteiger charge is 2.57. The quantitative estimate of drug-likeness (QED) is 0.0346. The first-order chi connectivity index (χ1) is 27.5. The fourth-order valence-corrected chi connectivity index (χ4v) is 8.56. The second-order valence-electron chi connectivity index (χ2n) is 15.8. The van der Waals surface area contributed by atoms with Gasteiger partial charge in [-0.1, -0.05) is 142 Å². The first-order valence-electron chi connectivity index (χ1n) is 21.8. The van der Waals surface area contributed by atoms with Crippen LogP contribution in [0, 0.1) is 11.7 Å². The molecule has 7 atom stereocenters. The summed E-state index contributed by atoms with van der Waals surface area (Å²) in [6, 6.07) is 0. The van der Waals surface area contributed by atoms with Crippen molar-refractivity contribution in [2.24, 2.45) is 5.92 Å². The molecule has 1 saturated heterocycles. The number of phosphoric ester groups is 1. The van der Waals surface area contributed by atoms with Crippen molar-refractivity contribution >= 4 is 25.6 Å². The number of carbonyl (C=O) groups is 2. The number of esters is 2. The Bertz CT molecular complexity index is 1420. The average molecular weight is 832 g/mol. The lowest BCUT2D eigenvalue weighted by Gasteiger charge is -2.29. The van der Waals surface area contributed by atoms with E-state index in [0.29, 0.717) is 12.8 Å². The molecule has 1 aromatic rings. The van der Waals surface area contributed by atoms with Crippen LogP contribution in [0.1, 0.15) is 181 Å². The van der Waals surface area contributed by atoms with Crippen LogP contribution < -0.4 is 11.4 Å². The van der Waals surface area contributed by atoms with Crippen LogP contribution in [-0.4, -0.2) is 69.1 Å². The van der Waals surface area contributed by atoms with Crippen molar-refractivity contribution < 1.29 is 51.8 Å². The fraction of sp³-hybridized carbons (Fsp3) is 0.854. The molecule has 0 radical (unpaired) electrons. The lowest BCUT2D eigenvalue weighted by atomic mass is 10.1. The average Bonchev–Trinajstić information content (AvgIpc) is 3.65. The van der Waals surface area contributed by atoms with Crippen LogP contribution in [0.2, 0.25) is 0 Å². The minimum atomic E-state index is -4.83. The van der Waals surface area contributed by atoms with Gasteiger partial charge < -0.3 is 29.9 Å². The number of fused-ring (bicyclic) bond motifs is 2. The van der Waals surface area contributed by atoms with E-state index in [9.17, 15) is 33.3 Å². The van der Waals surface area contributed by atoms with Gasteiger partial charge in [0.1, 0.15) is 18.9 Å². The van der Waals surface area contributed by atoms with Gasteiger partial charge in [0.25, 0.3) is 0 Å². The predicted octanol–water partition coefficient (Wildman–Crippen LogP) is 8.60. The minimum absolute atomic E-state index is 0.0170. The Kier molecular flexibility index (Phi) is 23.5. The second kappa shape index (κ2) is 27.4. The molecule has 0 amide bonds. The van der Waals surface area contributed by atoms with Crippen LogP contribution in [0.3, 0.4) is 0 Å². The zero-order valence-corrected chi connectivity index (χ0v) is 35.4. The largest absolute Gasteiger partial charge is 0.472 e. The Balaban J connectivity index is 1.43. The zero-order valence-electron chi connectivity index (χ0n) is 34.5. The van der Waals surface area contributed by atoms with E-state index in [4.69, 9.17) is 29.0 Å². The molecule has 4 N–H and O–H groups in total. The molecule has 1 aliphatic heterocycles. The molecule has 2 heterocycles. The summed E-state index contributed by atoms with van der Waals surface area (Å²) in [5, 5.41) is 10.7. The van der Waals surface area contributed by atoms with E-state index in [0.717, 1.165) is 49.3 Å². The number of ether oxygens (including phenoxy) is 3. The Labute approximate surface area is 338 Å². The molecular weight excluding hydrogens is 760 g/mol. The number of nitrogens with zero attached hydrogens (tertiary/aromatic N) is 2. The van der Waals surface area contributed by atoms with Gasteiger partial charge in [0.2, 0.25) is 0 Å². The van der Waals surface area contributed by atoms with E-state index >= 15 is 0 Å². The van der Waals surface area contributed by atoms with Gasteiger partial charge in [-0.05, 0) is 19.3 Å². The molecule has 1 aliphatic carbocycles. The van der Waals surface area contributed by atoms with Gasteiger partial charge in [-0.15, -0.1) is 0 Å². The van der Waals surface area contributed by atoms with Crippen molar-refractivity contribution in [2.75, 3.05) is 18.9 Å². The monoisotopic (exact) mass is 831 g/mol. The van der Waals surface area contributed by atoms with Crippen molar-refractivity contribution in [1.29, 1.82) is 0 Å². The molecule has 2 fully saturated rings. The number of hydrogen-bond acceptors (Lipinski definition) is 12. The van der Waals surface area contributed by atoms with Crippen molar-refractivity contribution in [3.8, 4) is 0 Å². The number of phosphoric acid groups is 1. The third-order valence-electron chi connectivity index (χ3n) is 10.9. The number of hydrogen-bond donors (Lipinski definition) is 3. The first-order valence-corrected chi connectivity index (χ1v) is 23.3. The van der Waals surface area contributed by atoms with Gasteiger partial charge in [-0.3, -0.25) is 23.2 Å². The van der Waals surface area contributed by atoms with E-state index < -0.39 is 80.3 Å². The van der Waals surface area contributed by atoms with E-state index in [1.807, 2.05) is 0 Å². The molecule has 2 unspecified atom stereocenters. The normalized spacial score (nSPS) is 21.7. The number of nitrogens with two attached hydrogens (primary N) is 1. The lowest BCUT2D eigenvalue weighted by molar-refractivity contribution is -0.161. The van der Waals surface area contributed by atoms with Crippen LogP contribution in [0.4, 0.5) is 10.2 Å². The van der Waals surface area contributed by atoms with Gasteiger partial charge in [-0.25, -0.2) is 13.8 Å². The third-order valence-corrected chi connectivity index (χ3v) is 11.9. The van der Waals surface area contributed by atoms with Crippen LogP contribution in [0.5, 0.6) is 0 Å². The summed E-state index contributed by atoms with van der Waals surface area (Å²) in [6.45, 7) is 3.47. The highest BCUT2D eigenvalue weighted by molar-refractivity contribution is 7.47. The van der Waals surface area contributed by atoms with E-state index in [1.54, 1.807) is 0 Å². The van der Waals surface area contributed by atoms with Gasteiger partial charge >= 0.3 is 25.5 Å². The summed E-state index contributed by atoms with van der Waals surface area (Å²) < 4.78 is 55.3. The van der Waals surface area contributed by atoms with Gasteiger partial charge in [0.15, 0.2) is 17.7 Å². The van der Waals surface area contributed by atoms with E-state index in [2.05, 4.69) is 18.8 Å². The Hall–Kier alpha value is -2.42. The molecule has 16 heteroatoms. The van der Waals surface area contributed by atoms with Crippen LogP contribution >= 0.6 is 7.82 Å². The number of aliphatic hydroxyl groups excluding tert-OH is 1. The maximum atomic E-state index is 14.1. The van der Waals surface area contributed by atoms with E-state index in [1.165, 1.54) is 89.9 Å². The van der Waals surface area contributed by atoms with Gasteiger partial charge in [-0.2, -0.15) is 4.98 Å². The molecule has 328 valence electrons. The number of unbranched alkanes of at least 4 members (excludes halogenated alkanes) is 20. The van der Waals surface area contributed by atoms with Crippen LogP contribution in [0.15, 0.2) is 11.0 Å². The van der Waals surface area contributed by atoms with E-state index in [-0.39, 0.29) is 25.9 Å². The molecular formula is C41H71FN3O11P. The molecule has 0 spiro atoms. The lowest BCUT2D eigenvalue weighted by Crippen LogP contribution is -2.37. The highest BCUT2D eigenvalue weighted by atomic mass is 31.2. The van der Waals surface area contributed by atoms with Crippen molar-refractivity contribution in [2.45, 2.75) is 205 Å². The number of aromatic nitrogens is 2. The summed E-state index contributed by atoms with van der Waals surface area (Å²) in [4.78, 5) is 51.8. The van der Waals surface area contributed by atoms with Gasteiger partial charge in [0.05, 0.1) is 25.0 Å². The molecule has 2 bridgehead atoms. The SMILES string of the molecule is CCCCCCCCCCCCCC(=O)OC[C@H](COP(=O)(O)OC1C[C@@H]2[C@H](O)[C@@H]1O[C@H]2n1cc(F)c(N)nc1=O)OC(=O)CCCCCCCCCCCCC. The summed E-state index contributed by atoms with van der Waals surface area (Å²) in [5.74, 6) is -3.29. The van der Waals surface area contributed by atoms with Crippen molar-refractivity contribution in [1.82, 2.24) is 9.55 Å². The Morgan fingerprint density at radius 2 is 1.35 bits per heavy atom. The zero-order chi connectivity index (χ0) is 41.5. The van der Waals surface area contributed by atoms with Gasteiger partial charge in [0, 0.05) is 18.8 Å². The number of aliphatic hydroxyl groups is 1. The molecule has 2 aliphatic rings. The molecule has 14 nitrogen and oxygen atoms in total. The predicted molar refractivity (Wildman–Crippen MR) is 215 cm³/mol. The minimum Gasteiger partial charge on any atom is -0.462 e. The molecule has 57 heavy (non-hydrogen) atoms. The standard InChI is InChI=1S/C41H71FN3O11P/c1-3-5-7-9-11-13-15-17-19-21-23-25-35(46)52-29-31(54-36(47)26-24-22-20-18-16-14-12-10-8-6-4-2)30-53-57(50,51)56-34-27-32-37(48)38(34)55-40(32)45-28-33(42)39(43)44-41(45)49/h28,31-32,34,37-38,40,48H,3-27,29-30H2,1-2H3,(H,50,51)(H2,43,44,49)/t31-,32-,34?,37+,38-,40-/m1/s1. The second-order valence-corrected chi connectivity index (χ2v) is 17.2. The number of halogens is 1. The highest BCUT2D eigenvalue weighted by Crippen LogP contribution is 2.53. The number of nitrogen functional groups attached to an aromatic ring is 1.